The van der Waals surface area contributed by atoms with Crippen LogP contribution in [0.3, 0.4) is 0 Å². The van der Waals surface area contributed by atoms with Gasteiger partial charge >= 0.3 is 0 Å². The Labute approximate surface area is 128 Å². The summed E-state index contributed by atoms with van der Waals surface area (Å²) in [7, 11) is 1.98. The number of piperidine rings is 1. The third kappa shape index (κ3) is 6.13. The van der Waals surface area contributed by atoms with Crippen molar-refractivity contribution in [1.82, 2.24) is 20.0 Å². The van der Waals surface area contributed by atoms with E-state index in [1.807, 2.05) is 17.9 Å². The van der Waals surface area contributed by atoms with Crippen LogP contribution in [0.4, 0.5) is 0 Å². The quantitative estimate of drug-likeness (QED) is 0.904. The van der Waals surface area contributed by atoms with E-state index in [2.05, 4.69) is 28.4 Å². The molecule has 6 heteroatoms. The summed E-state index contributed by atoms with van der Waals surface area (Å²) in [6.45, 7) is 8.02. The van der Waals surface area contributed by atoms with Crippen LogP contribution in [0.2, 0.25) is 0 Å². The van der Waals surface area contributed by atoms with Crippen molar-refractivity contribution in [2.75, 3.05) is 26.2 Å². The molecule has 0 atom stereocenters. The van der Waals surface area contributed by atoms with E-state index in [1.165, 1.54) is 38.0 Å². The second-order valence-electron chi connectivity index (χ2n) is 5.04. The largest absolute Gasteiger partial charge is 0.317 e. The summed E-state index contributed by atoms with van der Waals surface area (Å²) in [6.07, 6.45) is 6.74. The van der Waals surface area contributed by atoms with Crippen LogP contribution >= 0.6 is 24.8 Å². The van der Waals surface area contributed by atoms with Crippen molar-refractivity contribution in [2.45, 2.75) is 26.3 Å². The molecule has 0 radical (unpaired) electrons. The summed E-state index contributed by atoms with van der Waals surface area (Å²) in [6, 6.07) is 0. The molecule has 2 rings (SSSR count). The van der Waals surface area contributed by atoms with Gasteiger partial charge in [-0.3, -0.25) is 9.58 Å². The maximum atomic E-state index is 4.23. The smallest absolute Gasteiger partial charge is 0.0534 e. The molecule has 1 fully saturated rings. The first kappa shape index (κ1) is 18.7. The number of aryl methyl sites for hydroxylation is 1. The fourth-order valence-corrected chi connectivity index (χ4v) is 2.55. The van der Waals surface area contributed by atoms with E-state index in [1.54, 1.807) is 0 Å². The van der Waals surface area contributed by atoms with Gasteiger partial charge in [-0.2, -0.15) is 5.10 Å². The summed E-state index contributed by atoms with van der Waals surface area (Å²) in [5.41, 5.74) is 1.32. The molecule has 19 heavy (non-hydrogen) atoms. The van der Waals surface area contributed by atoms with Gasteiger partial charge in [-0.1, -0.05) is 6.92 Å². The molecule has 1 aromatic heterocycles. The summed E-state index contributed by atoms with van der Waals surface area (Å²) >= 11 is 0. The SMILES string of the molecule is CCN(Cc1cnn(C)c1)CC1CCNCC1.Cl.Cl. The van der Waals surface area contributed by atoms with E-state index in [9.17, 15) is 0 Å². The zero-order chi connectivity index (χ0) is 12.1. The van der Waals surface area contributed by atoms with E-state index in [4.69, 9.17) is 0 Å². The van der Waals surface area contributed by atoms with Crippen molar-refractivity contribution in [2.24, 2.45) is 13.0 Å². The van der Waals surface area contributed by atoms with Crippen LogP contribution in [-0.2, 0) is 13.6 Å². The fraction of sp³-hybridized carbons (Fsp3) is 0.769. The molecule has 0 aromatic carbocycles. The predicted molar refractivity (Wildman–Crippen MR) is 84.2 cm³/mol. The molecule has 0 unspecified atom stereocenters. The maximum absolute atomic E-state index is 4.23. The Bertz CT molecular complexity index is 337. The lowest BCUT2D eigenvalue weighted by molar-refractivity contribution is 0.207. The highest BCUT2D eigenvalue weighted by atomic mass is 35.5. The first-order valence-electron chi connectivity index (χ1n) is 6.68. The van der Waals surface area contributed by atoms with Gasteiger partial charge in [-0.25, -0.2) is 0 Å². The minimum Gasteiger partial charge on any atom is -0.317 e. The van der Waals surface area contributed by atoms with E-state index in [0.29, 0.717) is 0 Å². The molecule has 112 valence electrons. The average Bonchev–Trinajstić information content (AvgIpc) is 2.75. The molecule has 0 amide bonds. The minimum absolute atomic E-state index is 0. The number of aromatic nitrogens is 2. The topological polar surface area (TPSA) is 33.1 Å². The van der Waals surface area contributed by atoms with E-state index < -0.39 is 0 Å². The van der Waals surface area contributed by atoms with Crippen molar-refractivity contribution < 1.29 is 0 Å². The van der Waals surface area contributed by atoms with E-state index in [-0.39, 0.29) is 24.8 Å². The van der Waals surface area contributed by atoms with Crippen molar-refractivity contribution in [3.05, 3.63) is 18.0 Å². The number of nitrogens with one attached hydrogen (secondary N) is 1. The lowest BCUT2D eigenvalue weighted by atomic mass is 9.97. The highest BCUT2D eigenvalue weighted by molar-refractivity contribution is 5.85. The van der Waals surface area contributed by atoms with Gasteiger partial charge in [0, 0.05) is 31.9 Å². The Morgan fingerprint density at radius 3 is 2.58 bits per heavy atom. The van der Waals surface area contributed by atoms with Crippen molar-refractivity contribution in [3.8, 4) is 0 Å². The van der Waals surface area contributed by atoms with Crippen LogP contribution in [-0.4, -0.2) is 40.9 Å². The van der Waals surface area contributed by atoms with Crippen LogP contribution < -0.4 is 5.32 Å². The number of hydrogen-bond acceptors (Lipinski definition) is 3. The predicted octanol–water partition coefficient (Wildman–Crippen LogP) is 2.09. The molecule has 1 aromatic rings. The van der Waals surface area contributed by atoms with Crippen molar-refractivity contribution >= 4 is 24.8 Å². The van der Waals surface area contributed by atoms with Crippen molar-refractivity contribution in [3.63, 3.8) is 0 Å². The monoisotopic (exact) mass is 308 g/mol. The molecule has 4 nitrogen and oxygen atoms in total. The van der Waals surface area contributed by atoms with Gasteiger partial charge in [0.05, 0.1) is 6.20 Å². The number of nitrogens with zero attached hydrogens (tertiary/aromatic N) is 3. The molecule has 0 bridgehead atoms. The molecule has 1 saturated heterocycles. The zero-order valence-corrected chi connectivity index (χ0v) is 13.5. The normalized spacial score (nSPS) is 15.9. The maximum Gasteiger partial charge on any atom is 0.0534 e. The average molecular weight is 309 g/mol. The highest BCUT2D eigenvalue weighted by Gasteiger charge is 2.16. The third-order valence-electron chi connectivity index (χ3n) is 3.59. The molecule has 0 spiro atoms. The molecule has 1 aliphatic rings. The van der Waals surface area contributed by atoms with Crippen LogP contribution in [0.5, 0.6) is 0 Å². The Morgan fingerprint density at radius 2 is 2.05 bits per heavy atom. The second kappa shape index (κ2) is 9.59. The third-order valence-corrected chi connectivity index (χ3v) is 3.59. The van der Waals surface area contributed by atoms with Gasteiger partial charge in [-0.15, -0.1) is 24.8 Å². The molecule has 2 heterocycles. The van der Waals surface area contributed by atoms with Gasteiger partial charge in [0.1, 0.15) is 0 Å². The molecule has 1 aliphatic heterocycles. The van der Waals surface area contributed by atoms with Crippen LogP contribution in [0.15, 0.2) is 12.4 Å². The van der Waals surface area contributed by atoms with Gasteiger partial charge in [0.2, 0.25) is 0 Å². The number of hydrogen-bond donors (Lipinski definition) is 1. The highest BCUT2D eigenvalue weighted by Crippen LogP contribution is 2.14. The molecule has 0 saturated carbocycles. The first-order chi connectivity index (χ1) is 8.28. The summed E-state index contributed by atoms with van der Waals surface area (Å²) in [5, 5.41) is 7.66. The lowest BCUT2D eigenvalue weighted by Crippen LogP contribution is -2.35. The summed E-state index contributed by atoms with van der Waals surface area (Å²) < 4.78 is 1.88. The summed E-state index contributed by atoms with van der Waals surface area (Å²) in [5.74, 6) is 0.868. The molecular weight excluding hydrogens is 283 g/mol. The molecule has 0 aliphatic carbocycles. The van der Waals surface area contributed by atoms with Gasteiger partial charge in [0.15, 0.2) is 0 Å². The van der Waals surface area contributed by atoms with Crippen LogP contribution in [0, 0.1) is 5.92 Å². The zero-order valence-electron chi connectivity index (χ0n) is 11.8. The van der Waals surface area contributed by atoms with Gasteiger partial charge in [-0.05, 0) is 38.4 Å². The number of rotatable bonds is 5. The lowest BCUT2D eigenvalue weighted by Gasteiger charge is -2.29. The number of halogens is 2. The van der Waals surface area contributed by atoms with Crippen LogP contribution in [0.25, 0.3) is 0 Å². The Balaban J connectivity index is 0.00000162. The van der Waals surface area contributed by atoms with Crippen molar-refractivity contribution in [1.29, 1.82) is 0 Å². The Hall–Kier alpha value is -0.290. The standard InChI is InChI=1S/C13H24N4.2ClH/c1-3-17(10-12-4-6-14-7-5-12)11-13-8-15-16(2)9-13;;/h8-9,12,14H,3-7,10-11H2,1-2H3;2*1H. The van der Waals surface area contributed by atoms with E-state index in [0.717, 1.165) is 19.0 Å². The Kier molecular flexibility index (Phi) is 9.44. The Morgan fingerprint density at radius 1 is 1.37 bits per heavy atom. The summed E-state index contributed by atoms with van der Waals surface area (Å²) in [4.78, 5) is 2.53. The molecule has 1 N–H and O–H groups in total. The van der Waals surface area contributed by atoms with Gasteiger partial charge < -0.3 is 5.32 Å². The van der Waals surface area contributed by atoms with E-state index >= 15 is 0 Å². The minimum atomic E-state index is 0. The fourth-order valence-electron chi connectivity index (χ4n) is 2.55. The second-order valence-corrected chi connectivity index (χ2v) is 5.04. The van der Waals surface area contributed by atoms with Crippen LogP contribution in [0.1, 0.15) is 25.3 Å². The molecular formula is C13H26Cl2N4. The van der Waals surface area contributed by atoms with Gasteiger partial charge in [0.25, 0.3) is 0 Å². The first-order valence-corrected chi connectivity index (χ1v) is 6.68.